The maximum Gasteiger partial charge on any atom is 0.240 e. The van der Waals surface area contributed by atoms with Gasteiger partial charge in [0.2, 0.25) is 5.91 Å². The third-order valence-corrected chi connectivity index (χ3v) is 4.54. The van der Waals surface area contributed by atoms with Crippen LogP contribution in [-0.4, -0.2) is 25.7 Å². The van der Waals surface area contributed by atoms with E-state index < -0.39 is 0 Å². The van der Waals surface area contributed by atoms with E-state index >= 15 is 0 Å². The number of hydrogen-bond donors (Lipinski definition) is 3. The van der Waals surface area contributed by atoms with Gasteiger partial charge in [-0.05, 0) is 29.8 Å². The molecule has 4 N–H and O–H groups in total. The van der Waals surface area contributed by atoms with Gasteiger partial charge in [-0.15, -0.1) is 0 Å². The van der Waals surface area contributed by atoms with Crippen molar-refractivity contribution in [2.45, 2.75) is 19.9 Å². The summed E-state index contributed by atoms with van der Waals surface area (Å²) in [6.07, 6.45) is 0.446. The van der Waals surface area contributed by atoms with Gasteiger partial charge in [-0.3, -0.25) is 4.79 Å². The highest BCUT2D eigenvalue weighted by Crippen LogP contribution is 2.24. The minimum Gasteiger partial charge on any atom is -0.397 e. The van der Waals surface area contributed by atoms with Crippen molar-refractivity contribution in [1.82, 2.24) is 5.43 Å². The maximum atomic E-state index is 11.4. The molecule has 0 aromatic heterocycles. The number of rotatable bonds is 5. The minimum absolute atomic E-state index is 0.0483. The zero-order valence-corrected chi connectivity index (χ0v) is 15.4. The van der Waals surface area contributed by atoms with Gasteiger partial charge in [0, 0.05) is 44.2 Å². The van der Waals surface area contributed by atoms with Crippen molar-refractivity contribution < 1.29 is 4.79 Å². The van der Waals surface area contributed by atoms with Gasteiger partial charge in [0.15, 0.2) is 0 Å². The van der Waals surface area contributed by atoms with Crippen molar-refractivity contribution in [3.8, 4) is 0 Å². The molecule has 0 saturated carbocycles. The van der Waals surface area contributed by atoms with Gasteiger partial charge in [-0.2, -0.15) is 5.10 Å². The Morgan fingerprint density at radius 1 is 1.23 bits per heavy atom. The molecule has 2 aromatic rings. The Morgan fingerprint density at radius 3 is 2.58 bits per heavy atom. The average molecular weight is 351 g/mol. The molecule has 0 aliphatic carbocycles. The van der Waals surface area contributed by atoms with Crippen LogP contribution in [-0.2, 0) is 11.3 Å². The summed E-state index contributed by atoms with van der Waals surface area (Å²) < 4.78 is 0. The number of amides is 1. The number of anilines is 3. The van der Waals surface area contributed by atoms with E-state index in [1.165, 1.54) is 11.3 Å². The molecule has 136 valence electrons. The van der Waals surface area contributed by atoms with Crippen LogP contribution >= 0.6 is 0 Å². The van der Waals surface area contributed by atoms with E-state index in [9.17, 15) is 4.79 Å². The maximum absolute atomic E-state index is 11.4. The number of nitrogens with one attached hydrogen (secondary N) is 2. The standard InChI is InChI=1S/C20H25N5O/c1-13-10-19(26)23-24-20(13)15-6-9-18(17(21)11-15)22-12-14-4-7-16(8-5-14)25(2)3/h4-9,11,13,22H,10,12,21H2,1-3H3,(H,23,26). The molecule has 0 saturated heterocycles. The lowest BCUT2D eigenvalue weighted by Crippen LogP contribution is -2.32. The molecule has 0 spiro atoms. The quantitative estimate of drug-likeness (QED) is 0.724. The molecule has 3 rings (SSSR count). The minimum atomic E-state index is -0.0483. The van der Waals surface area contributed by atoms with Crippen LogP contribution in [0.3, 0.4) is 0 Å². The van der Waals surface area contributed by atoms with Crippen LogP contribution in [0, 0.1) is 5.92 Å². The third kappa shape index (κ3) is 3.96. The van der Waals surface area contributed by atoms with Gasteiger partial charge in [0.25, 0.3) is 0 Å². The lowest BCUT2D eigenvalue weighted by atomic mass is 9.93. The Labute approximate surface area is 154 Å². The summed E-state index contributed by atoms with van der Waals surface area (Å²) in [7, 11) is 4.05. The van der Waals surface area contributed by atoms with Crippen molar-refractivity contribution >= 4 is 28.7 Å². The van der Waals surface area contributed by atoms with Crippen LogP contribution in [0.5, 0.6) is 0 Å². The molecule has 6 nitrogen and oxygen atoms in total. The van der Waals surface area contributed by atoms with Crippen molar-refractivity contribution in [3.63, 3.8) is 0 Å². The number of nitrogen functional groups attached to an aromatic ring is 1. The topological polar surface area (TPSA) is 82.8 Å². The molecule has 1 unspecified atom stereocenters. The first-order chi connectivity index (χ1) is 12.4. The first-order valence-electron chi connectivity index (χ1n) is 8.70. The second-order valence-electron chi connectivity index (χ2n) is 6.85. The first-order valence-corrected chi connectivity index (χ1v) is 8.70. The Balaban J connectivity index is 1.69. The summed E-state index contributed by atoms with van der Waals surface area (Å²) in [5.41, 5.74) is 14.5. The summed E-state index contributed by atoms with van der Waals surface area (Å²) in [5.74, 6) is 0.0324. The van der Waals surface area contributed by atoms with Crippen LogP contribution in [0.4, 0.5) is 17.1 Å². The fourth-order valence-corrected chi connectivity index (χ4v) is 2.99. The number of carbonyl (C=O) groups is 1. The summed E-state index contributed by atoms with van der Waals surface area (Å²) in [5, 5.41) is 7.56. The average Bonchev–Trinajstić information content (AvgIpc) is 2.61. The van der Waals surface area contributed by atoms with E-state index in [-0.39, 0.29) is 11.8 Å². The lowest BCUT2D eigenvalue weighted by Gasteiger charge is -2.20. The largest absolute Gasteiger partial charge is 0.397 e. The highest BCUT2D eigenvalue weighted by molar-refractivity contribution is 6.06. The van der Waals surface area contributed by atoms with Gasteiger partial charge in [0.05, 0.1) is 17.1 Å². The number of carbonyl (C=O) groups excluding carboxylic acids is 1. The fourth-order valence-electron chi connectivity index (χ4n) is 2.99. The van der Waals surface area contributed by atoms with E-state index in [0.29, 0.717) is 18.7 Å². The summed E-state index contributed by atoms with van der Waals surface area (Å²) in [6.45, 7) is 2.70. The van der Waals surface area contributed by atoms with Gasteiger partial charge in [-0.25, -0.2) is 5.43 Å². The van der Waals surface area contributed by atoms with E-state index in [1.54, 1.807) is 0 Å². The smallest absolute Gasteiger partial charge is 0.240 e. The van der Waals surface area contributed by atoms with Crippen molar-refractivity contribution in [2.75, 3.05) is 30.0 Å². The zero-order chi connectivity index (χ0) is 18.7. The van der Waals surface area contributed by atoms with Crippen LogP contribution in [0.1, 0.15) is 24.5 Å². The summed E-state index contributed by atoms with van der Waals surface area (Å²) in [4.78, 5) is 13.5. The Kier molecular flexibility index (Phi) is 5.11. The molecule has 1 aliphatic rings. The van der Waals surface area contributed by atoms with E-state index in [4.69, 9.17) is 5.73 Å². The van der Waals surface area contributed by atoms with Gasteiger partial charge in [0.1, 0.15) is 0 Å². The summed E-state index contributed by atoms with van der Waals surface area (Å²) in [6, 6.07) is 14.3. The van der Waals surface area contributed by atoms with E-state index in [2.05, 4.69) is 45.0 Å². The molecule has 0 bridgehead atoms. The molecule has 1 amide bonds. The predicted octanol–water partition coefficient (Wildman–Crippen LogP) is 2.81. The number of nitrogens with two attached hydrogens (primary N) is 1. The lowest BCUT2D eigenvalue weighted by molar-refractivity contribution is -0.121. The molecule has 6 heteroatoms. The Hall–Kier alpha value is -3.02. The molecule has 26 heavy (non-hydrogen) atoms. The molecule has 0 fully saturated rings. The van der Waals surface area contributed by atoms with E-state index in [1.807, 2.05) is 39.2 Å². The Bertz CT molecular complexity index is 827. The number of benzene rings is 2. The normalized spacial score (nSPS) is 16.7. The van der Waals surface area contributed by atoms with Crippen LogP contribution in [0.15, 0.2) is 47.6 Å². The van der Waals surface area contributed by atoms with Crippen molar-refractivity contribution in [3.05, 3.63) is 53.6 Å². The number of nitrogens with zero attached hydrogens (tertiary/aromatic N) is 2. The molecule has 0 radical (unpaired) electrons. The molecule has 1 aliphatic heterocycles. The van der Waals surface area contributed by atoms with Crippen LogP contribution in [0.2, 0.25) is 0 Å². The van der Waals surface area contributed by atoms with Crippen molar-refractivity contribution in [1.29, 1.82) is 0 Å². The first kappa shape index (κ1) is 17.8. The molecule has 2 aromatic carbocycles. The predicted molar refractivity (Wildman–Crippen MR) is 107 cm³/mol. The number of hydrogen-bond acceptors (Lipinski definition) is 5. The third-order valence-electron chi connectivity index (χ3n) is 4.54. The second kappa shape index (κ2) is 7.47. The SMILES string of the molecule is CC1CC(=O)NN=C1c1ccc(NCc2ccc(N(C)C)cc2)c(N)c1. The van der Waals surface area contributed by atoms with Gasteiger partial charge >= 0.3 is 0 Å². The molecule has 1 atom stereocenters. The van der Waals surface area contributed by atoms with Crippen LogP contribution < -0.4 is 21.4 Å². The zero-order valence-electron chi connectivity index (χ0n) is 15.4. The van der Waals surface area contributed by atoms with Gasteiger partial charge < -0.3 is 16.0 Å². The summed E-state index contributed by atoms with van der Waals surface area (Å²) >= 11 is 0. The van der Waals surface area contributed by atoms with E-state index in [0.717, 1.165) is 17.0 Å². The highest BCUT2D eigenvalue weighted by atomic mass is 16.2. The second-order valence-corrected chi connectivity index (χ2v) is 6.85. The molecule has 1 heterocycles. The van der Waals surface area contributed by atoms with Crippen LogP contribution in [0.25, 0.3) is 0 Å². The highest BCUT2D eigenvalue weighted by Gasteiger charge is 2.21. The molecular weight excluding hydrogens is 326 g/mol. The fraction of sp³-hybridized carbons (Fsp3) is 0.300. The van der Waals surface area contributed by atoms with Crippen molar-refractivity contribution in [2.24, 2.45) is 11.0 Å². The Morgan fingerprint density at radius 2 is 1.96 bits per heavy atom. The number of hydrazone groups is 1. The monoisotopic (exact) mass is 351 g/mol. The molecular formula is C20H25N5O. The van der Waals surface area contributed by atoms with Gasteiger partial charge in [-0.1, -0.05) is 25.1 Å².